The van der Waals surface area contributed by atoms with Crippen LogP contribution in [0, 0.1) is 6.92 Å². The lowest BCUT2D eigenvalue weighted by atomic mass is 10.0. The van der Waals surface area contributed by atoms with Gasteiger partial charge in [-0.2, -0.15) is 0 Å². The number of carbonyl (C=O) groups excluding carboxylic acids is 1. The number of methoxy groups -OCH3 is 2. The monoisotopic (exact) mass is 377 g/mol. The van der Waals surface area contributed by atoms with Gasteiger partial charge in [-0.15, -0.1) is 0 Å². The zero-order valence-corrected chi connectivity index (χ0v) is 16.2. The molecular formula is C20H24ClNO4. The number of halogens is 1. The van der Waals surface area contributed by atoms with Crippen molar-refractivity contribution in [3.63, 3.8) is 0 Å². The van der Waals surface area contributed by atoms with Crippen LogP contribution in [-0.2, 0) is 4.79 Å². The quantitative estimate of drug-likeness (QED) is 0.744. The van der Waals surface area contributed by atoms with Gasteiger partial charge in [0.2, 0.25) is 0 Å². The molecular weight excluding hydrogens is 354 g/mol. The molecule has 0 spiro atoms. The van der Waals surface area contributed by atoms with Crippen molar-refractivity contribution in [1.29, 1.82) is 0 Å². The van der Waals surface area contributed by atoms with Gasteiger partial charge in [0.1, 0.15) is 5.75 Å². The smallest absolute Gasteiger partial charge is 0.258 e. The molecule has 5 nitrogen and oxygen atoms in total. The van der Waals surface area contributed by atoms with E-state index >= 15 is 0 Å². The first kappa shape index (κ1) is 19.9. The number of ether oxygens (including phenoxy) is 3. The number of rotatable bonds is 8. The van der Waals surface area contributed by atoms with E-state index in [1.54, 1.807) is 32.4 Å². The molecule has 2 aromatic rings. The molecule has 0 aliphatic carbocycles. The fourth-order valence-electron chi connectivity index (χ4n) is 2.58. The van der Waals surface area contributed by atoms with E-state index in [1.165, 1.54) is 0 Å². The van der Waals surface area contributed by atoms with E-state index in [1.807, 2.05) is 32.0 Å². The van der Waals surface area contributed by atoms with Crippen molar-refractivity contribution in [1.82, 2.24) is 5.32 Å². The van der Waals surface area contributed by atoms with Gasteiger partial charge in [0.25, 0.3) is 5.91 Å². The molecule has 0 aliphatic heterocycles. The van der Waals surface area contributed by atoms with Crippen LogP contribution in [0.3, 0.4) is 0 Å². The second kappa shape index (κ2) is 9.34. The van der Waals surface area contributed by atoms with Crippen molar-refractivity contribution in [3.8, 4) is 17.2 Å². The Morgan fingerprint density at radius 1 is 1.12 bits per heavy atom. The molecule has 2 aromatic carbocycles. The summed E-state index contributed by atoms with van der Waals surface area (Å²) in [5.74, 6) is 1.70. The van der Waals surface area contributed by atoms with Crippen LogP contribution in [-0.4, -0.2) is 26.7 Å². The van der Waals surface area contributed by atoms with Crippen LogP contribution in [0.25, 0.3) is 0 Å². The first-order valence-electron chi connectivity index (χ1n) is 8.38. The average Bonchev–Trinajstić information content (AvgIpc) is 2.66. The van der Waals surface area contributed by atoms with E-state index in [9.17, 15) is 4.79 Å². The van der Waals surface area contributed by atoms with Crippen molar-refractivity contribution in [2.75, 3.05) is 20.8 Å². The van der Waals surface area contributed by atoms with Gasteiger partial charge in [-0.3, -0.25) is 4.79 Å². The molecule has 26 heavy (non-hydrogen) atoms. The highest BCUT2D eigenvalue weighted by atomic mass is 35.5. The molecule has 1 atom stereocenters. The van der Waals surface area contributed by atoms with Crippen LogP contribution < -0.4 is 19.5 Å². The predicted molar refractivity (Wildman–Crippen MR) is 102 cm³/mol. The van der Waals surface area contributed by atoms with E-state index in [2.05, 4.69) is 5.32 Å². The van der Waals surface area contributed by atoms with Gasteiger partial charge in [-0.1, -0.05) is 24.6 Å². The molecule has 0 heterocycles. The van der Waals surface area contributed by atoms with Gasteiger partial charge in [0, 0.05) is 5.02 Å². The molecule has 0 fully saturated rings. The summed E-state index contributed by atoms with van der Waals surface area (Å²) in [5, 5.41) is 3.65. The summed E-state index contributed by atoms with van der Waals surface area (Å²) in [4.78, 5) is 12.3. The fourth-order valence-corrected chi connectivity index (χ4v) is 2.70. The van der Waals surface area contributed by atoms with Gasteiger partial charge in [0.05, 0.1) is 20.3 Å². The van der Waals surface area contributed by atoms with Crippen LogP contribution in [0.15, 0.2) is 36.4 Å². The average molecular weight is 378 g/mol. The number of nitrogens with one attached hydrogen (secondary N) is 1. The van der Waals surface area contributed by atoms with Gasteiger partial charge in [-0.25, -0.2) is 0 Å². The summed E-state index contributed by atoms with van der Waals surface area (Å²) in [5.41, 5.74) is 1.85. The molecule has 0 radical (unpaired) electrons. The molecule has 0 aliphatic rings. The third-order valence-electron chi connectivity index (χ3n) is 4.05. The maximum Gasteiger partial charge on any atom is 0.258 e. The topological polar surface area (TPSA) is 56.8 Å². The Morgan fingerprint density at radius 2 is 1.85 bits per heavy atom. The Bertz CT molecular complexity index is 763. The number of aryl methyl sites for hydroxylation is 1. The van der Waals surface area contributed by atoms with E-state index < -0.39 is 0 Å². The lowest BCUT2D eigenvalue weighted by molar-refractivity contribution is -0.123. The number of hydrogen-bond donors (Lipinski definition) is 1. The zero-order chi connectivity index (χ0) is 19.1. The molecule has 6 heteroatoms. The molecule has 140 valence electrons. The van der Waals surface area contributed by atoms with Crippen LogP contribution in [0.2, 0.25) is 5.02 Å². The fraction of sp³-hybridized carbons (Fsp3) is 0.350. The molecule has 2 rings (SSSR count). The summed E-state index contributed by atoms with van der Waals surface area (Å²) >= 11 is 5.99. The molecule has 1 N–H and O–H groups in total. The number of amides is 1. The van der Waals surface area contributed by atoms with Crippen LogP contribution in [0.5, 0.6) is 17.2 Å². The Balaban J connectivity index is 2.00. The summed E-state index contributed by atoms with van der Waals surface area (Å²) in [6.45, 7) is 3.83. The summed E-state index contributed by atoms with van der Waals surface area (Å²) in [7, 11) is 3.18. The highest BCUT2D eigenvalue weighted by Gasteiger charge is 2.16. The number of hydrogen-bond acceptors (Lipinski definition) is 4. The van der Waals surface area contributed by atoms with Crippen LogP contribution in [0.4, 0.5) is 0 Å². The lowest BCUT2D eigenvalue weighted by Gasteiger charge is -2.19. The third kappa shape index (κ3) is 5.05. The Kier molecular flexibility index (Phi) is 7.16. The van der Waals surface area contributed by atoms with Crippen molar-refractivity contribution in [3.05, 3.63) is 52.5 Å². The van der Waals surface area contributed by atoms with Gasteiger partial charge < -0.3 is 19.5 Å². The molecule has 0 aromatic heterocycles. The molecule has 0 bridgehead atoms. The van der Waals surface area contributed by atoms with Gasteiger partial charge in [0.15, 0.2) is 18.1 Å². The highest BCUT2D eigenvalue weighted by molar-refractivity contribution is 6.31. The van der Waals surface area contributed by atoms with E-state index in [0.29, 0.717) is 22.3 Å². The second-order valence-corrected chi connectivity index (χ2v) is 6.25. The summed E-state index contributed by atoms with van der Waals surface area (Å²) in [6.07, 6.45) is 0.737. The van der Waals surface area contributed by atoms with Gasteiger partial charge in [-0.05, 0) is 54.8 Å². The minimum absolute atomic E-state index is 0.0646. The lowest BCUT2D eigenvalue weighted by Crippen LogP contribution is -2.32. The predicted octanol–water partition coefficient (Wildman–Crippen LogP) is 4.31. The maximum atomic E-state index is 12.3. The molecule has 0 unspecified atom stereocenters. The van der Waals surface area contributed by atoms with E-state index in [-0.39, 0.29) is 18.6 Å². The normalized spacial score (nSPS) is 11.6. The Hall–Kier alpha value is -2.40. The Labute approximate surface area is 159 Å². The van der Waals surface area contributed by atoms with E-state index in [4.69, 9.17) is 25.8 Å². The third-order valence-corrected chi connectivity index (χ3v) is 4.48. The zero-order valence-electron chi connectivity index (χ0n) is 15.5. The molecule has 0 saturated heterocycles. The van der Waals surface area contributed by atoms with Crippen molar-refractivity contribution < 1.29 is 19.0 Å². The van der Waals surface area contributed by atoms with Gasteiger partial charge >= 0.3 is 0 Å². The second-order valence-electron chi connectivity index (χ2n) is 5.84. The molecule has 1 amide bonds. The summed E-state index contributed by atoms with van der Waals surface area (Å²) < 4.78 is 16.1. The minimum Gasteiger partial charge on any atom is -0.493 e. The first-order chi connectivity index (χ1) is 12.5. The van der Waals surface area contributed by atoms with Crippen molar-refractivity contribution in [2.24, 2.45) is 0 Å². The largest absolute Gasteiger partial charge is 0.493 e. The number of carbonyl (C=O) groups is 1. The summed E-state index contributed by atoms with van der Waals surface area (Å²) in [6, 6.07) is 10.8. The van der Waals surface area contributed by atoms with Crippen molar-refractivity contribution >= 4 is 17.5 Å². The SMILES string of the molecule is CC[C@H](NC(=O)COc1ccc(Cl)c(C)c1)c1ccc(OC)c(OC)c1. The maximum absolute atomic E-state index is 12.3. The minimum atomic E-state index is -0.195. The van der Waals surface area contributed by atoms with E-state index in [0.717, 1.165) is 17.5 Å². The molecule has 0 saturated carbocycles. The number of benzene rings is 2. The van der Waals surface area contributed by atoms with Crippen molar-refractivity contribution in [2.45, 2.75) is 26.3 Å². The first-order valence-corrected chi connectivity index (χ1v) is 8.76. The van der Waals surface area contributed by atoms with Crippen LogP contribution >= 0.6 is 11.6 Å². The standard InChI is InChI=1S/C20H24ClNO4/c1-5-17(14-6-9-18(24-3)19(11-14)25-4)22-20(23)12-26-15-7-8-16(21)13(2)10-15/h6-11,17H,5,12H2,1-4H3,(H,22,23)/t17-/m0/s1. The van der Waals surface area contributed by atoms with Crippen LogP contribution in [0.1, 0.15) is 30.5 Å². The Morgan fingerprint density at radius 3 is 2.46 bits per heavy atom. The highest BCUT2D eigenvalue weighted by Crippen LogP contribution is 2.30.